The van der Waals surface area contributed by atoms with Crippen LogP contribution in [0.1, 0.15) is 23.6 Å². The molecule has 0 spiro atoms. The summed E-state index contributed by atoms with van der Waals surface area (Å²) >= 11 is 0. The third-order valence-electron chi connectivity index (χ3n) is 2.92. The minimum atomic E-state index is 0.256. The maximum atomic E-state index is 4.04. The highest BCUT2D eigenvalue weighted by Gasteiger charge is 2.23. The van der Waals surface area contributed by atoms with Crippen molar-refractivity contribution in [3.8, 4) is 0 Å². The molecule has 82 valence electrons. The lowest BCUT2D eigenvalue weighted by Gasteiger charge is -2.23. The zero-order valence-corrected chi connectivity index (χ0v) is 9.09. The van der Waals surface area contributed by atoms with Crippen molar-refractivity contribution in [3.05, 3.63) is 35.4 Å². The SMILES string of the molecule is Cc1cccc(C2CCNc3nnnn32)c1. The summed E-state index contributed by atoms with van der Waals surface area (Å²) in [6.45, 7) is 3.02. The van der Waals surface area contributed by atoms with Gasteiger partial charge < -0.3 is 5.32 Å². The summed E-state index contributed by atoms with van der Waals surface area (Å²) in [5.74, 6) is 0.762. The van der Waals surface area contributed by atoms with E-state index in [0.717, 1.165) is 18.9 Å². The monoisotopic (exact) mass is 215 g/mol. The fraction of sp³-hybridized carbons (Fsp3) is 0.364. The first-order valence-electron chi connectivity index (χ1n) is 5.43. The van der Waals surface area contributed by atoms with Gasteiger partial charge in [-0.2, -0.15) is 0 Å². The van der Waals surface area contributed by atoms with E-state index in [0.29, 0.717) is 0 Å². The minimum Gasteiger partial charge on any atom is -0.353 e. The lowest BCUT2D eigenvalue weighted by molar-refractivity contribution is 0.469. The van der Waals surface area contributed by atoms with Gasteiger partial charge in [-0.25, -0.2) is 4.68 Å². The number of nitrogens with one attached hydrogen (secondary N) is 1. The van der Waals surface area contributed by atoms with Crippen LogP contribution in [0.4, 0.5) is 5.95 Å². The molecule has 2 aromatic rings. The number of benzene rings is 1. The summed E-state index contributed by atoms with van der Waals surface area (Å²) in [6.07, 6.45) is 1.02. The van der Waals surface area contributed by atoms with Crippen LogP contribution < -0.4 is 5.32 Å². The third-order valence-corrected chi connectivity index (χ3v) is 2.92. The van der Waals surface area contributed by atoms with Gasteiger partial charge >= 0.3 is 0 Å². The van der Waals surface area contributed by atoms with Crippen LogP contribution in [0.15, 0.2) is 24.3 Å². The smallest absolute Gasteiger partial charge is 0.243 e. The van der Waals surface area contributed by atoms with Crippen molar-refractivity contribution >= 4 is 5.95 Å². The number of fused-ring (bicyclic) bond motifs is 1. The van der Waals surface area contributed by atoms with Crippen molar-refractivity contribution in [3.63, 3.8) is 0 Å². The van der Waals surface area contributed by atoms with Crippen LogP contribution in [-0.2, 0) is 0 Å². The highest BCUT2D eigenvalue weighted by Crippen LogP contribution is 2.27. The van der Waals surface area contributed by atoms with Gasteiger partial charge in [0.25, 0.3) is 0 Å². The normalized spacial score (nSPS) is 18.9. The molecule has 5 nitrogen and oxygen atoms in total. The lowest BCUT2D eigenvalue weighted by atomic mass is 10.0. The Balaban J connectivity index is 2.04. The summed E-state index contributed by atoms with van der Waals surface area (Å²) in [5.41, 5.74) is 2.54. The molecule has 1 aromatic carbocycles. The van der Waals surface area contributed by atoms with Gasteiger partial charge in [0.1, 0.15) is 0 Å². The Bertz CT molecular complexity index is 505. The largest absolute Gasteiger partial charge is 0.353 e. The Morgan fingerprint density at radius 1 is 1.44 bits per heavy atom. The quantitative estimate of drug-likeness (QED) is 0.781. The summed E-state index contributed by atoms with van der Waals surface area (Å²) in [7, 11) is 0. The Hall–Kier alpha value is -1.91. The predicted octanol–water partition coefficient (Wildman–Crippen LogP) is 1.39. The van der Waals surface area contributed by atoms with E-state index in [1.165, 1.54) is 11.1 Å². The zero-order chi connectivity index (χ0) is 11.0. The molecule has 0 aliphatic carbocycles. The van der Waals surface area contributed by atoms with Crippen LogP contribution in [-0.4, -0.2) is 26.8 Å². The highest BCUT2D eigenvalue weighted by atomic mass is 15.6. The van der Waals surface area contributed by atoms with Crippen molar-refractivity contribution in [1.82, 2.24) is 20.2 Å². The number of tetrazole rings is 1. The first-order valence-corrected chi connectivity index (χ1v) is 5.43. The molecule has 16 heavy (non-hydrogen) atoms. The zero-order valence-electron chi connectivity index (χ0n) is 9.09. The number of hydrogen-bond donors (Lipinski definition) is 1. The van der Waals surface area contributed by atoms with Gasteiger partial charge in [-0.3, -0.25) is 0 Å². The molecule has 1 aromatic heterocycles. The molecule has 1 unspecified atom stereocenters. The standard InChI is InChI=1S/C11H13N5/c1-8-3-2-4-9(7-8)10-5-6-12-11-13-14-15-16(10)11/h2-4,7,10H,5-6H2,1H3,(H,12,13,15). The van der Waals surface area contributed by atoms with Gasteiger partial charge in [-0.05, 0) is 29.3 Å². The van der Waals surface area contributed by atoms with E-state index >= 15 is 0 Å². The number of aryl methyl sites for hydroxylation is 1. The number of hydrogen-bond acceptors (Lipinski definition) is 4. The van der Waals surface area contributed by atoms with Crippen LogP contribution in [0.5, 0.6) is 0 Å². The fourth-order valence-corrected chi connectivity index (χ4v) is 2.15. The molecule has 0 fully saturated rings. The Morgan fingerprint density at radius 3 is 3.25 bits per heavy atom. The maximum Gasteiger partial charge on any atom is 0.243 e. The van der Waals surface area contributed by atoms with Crippen LogP contribution >= 0.6 is 0 Å². The summed E-state index contributed by atoms with van der Waals surface area (Å²) < 4.78 is 1.86. The van der Waals surface area contributed by atoms with E-state index in [-0.39, 0.29) is 6.04 Å². The molecule has 0 saturated heterocycles. The molecular weight excluding hydrogens is 202 g/mol. The number of rotatable bonds is 1. The van der Waals surface area contributed by atoms with Crippen molar-refractivity contribution in [1.29, 1.82) is 0 Å². The molecule has 1 N–H and O–H groups in total. The average molecular weight is 215 g/mol. The van der Waals surface area contributed by atoms with Gasteiger partial charge in [0, 0.05) is 6.54 Å². The van der Waals surface area contributed by atoms with Crippen molar-refractivity contribution in [2.45, 2.75) is 19.4 Å². The van der Waals surface area contributed by atoms with Crippen LogP contribution in [0.3, 0.4) is 0 Å². The molecule has 1 aliphatic heterocycles. The fourth-order valence-electron chi connectivity index (χ4n) is 2.15. The van der Waals surface area contributed by atoms with Crippen LogP contribution in [0.25, 0.3) is 0 Å². The third kappa shape index (κ3) is 1.44. The molecule has 0 radical (unpaired) electrons. The molecule has 0 amide bonds. The number of aromatic nitrogens is 4. The van der Waals surface area contributed by atoms with Crippen LogP contribution in [0.2, 0.25) is 0 Å². The van der Waals surface area contributed by atoms with Crippen molar-refractivity contribution in [2.75, 3.05) is 11.9 Å². The molecule has 2 heterocycles. The van der Waals surface area contributed by atoms with E-state index in [4.69, 9.17) is 0 Å². The summed E-state index contributed by atoms with van der Waals surface area (Å²) in [6, 6.07) is 8.77. The molecule has 1 atom stereocenters. The van der Waals surface area contributed by atoms with Crippen LogP contribution in [0, 0.1) is 6.92 Å². The number of anilines is 1. The van der Waals surface area contributed by atoms with Gasteiger partial charge in [0.05, 0.1) is 6.04 Å². The average Bonchev–Trinajstić information content (AvgIpc) is 2.76. The summed E-state index contributed by atoms with van der Waals surface area (Å²) in [4.78, 5) is 0. The van der Waals surface area contributed by atoms with E-state index in [1.54, 1.807) is 0 Å². The molecule has 3 rings (SSSR count). The predicted molar refractivity (Wildman–Crippen MR) is 60.2 cm³/mol. The second-order valence-corrected chi connectivity index (χ2v) is 4.09. The highest BCUT2D eigenvalue weighted by molar-refractivity contribution is 5.32. The molecule has 1 aliphatic rings. The second kappa shape index (κ2) is 3.59. The van der Waals surface area contributed by atoms with Gasteiger partial charge in [-0.15, -0.1) is 0 Å². The van der Waals surface area contributed by atoms with Gasteiger partial charge in [-0.1, -0.05) is 34.9 Å². The number of nitrogens with zero attached hydrogens (tertiary/aromatic N) is 4. The Kier molecular flexibility index (Phi) is 2.09. The minimum absolute atomic E-state index is 0.256. The van der Waals surface area contributed by atoms with Crippen molar-refractivity contribution in [2.24, 2.45) is 0 Å². The first-order chi connectivity index (χ1) is 7.84. The van der Waals surface area contributed by atoms with E-state index in [9.17, 15) is 0 Å². The topological polar surface area (TPSA) is 55.6 Å². The maximum absolute atomic E-state index is 4.04. The van der Waals surface area contributed by atoms with E-state index in [1.807, 2.05) is 4.68 Å². The lowest BCUT2D eigenvalue weighted by Crippen LogP contribution is -2.24. The van der Waals surface area contributed by atoms with E-state index < -0.39 is 0 Å². The van der Waals surface area contributed by atoms with Gasteiger partial charge in [0.15, 0.2) is 0 Å². The Labute approximate surface area is 93.5 Å². The van der Waals surface area contributed by atoms with Crippen molar-refractivity contribution < 1.29 is 0 Å². The van der Waals surface area contributed by atoms with Gasteiger partial charge in [0.2, 0.25) is 5.95 Å². The second-order valence-electron chi connectivity index (χ2n) is 4.09. The molecule has 5 heteroatoms. The van der Waals surface area contributed by atoms with E-state index in [2.05, 4.69) is 52.0 Å². The first kappa shape index (κ1) is 9.33. The Morgan fingerprint density at radius 2 is 2.38 bits per heavy atom. The molecule has 0 bridgehead atoms. The molecular formula is C11H13N5. The summed E-state index contributed by atoms with van der Waals surface area (Å²) in [5, 5.41) is 14.9. The molecule has 0 saturated carbocycles.